The highest BCUT2D eigenvalue weighted by atomic mass is 16.6. The van der Waals surface area contributed by atoms with E-state index in [1.54, 1.807) is 6.07 Å². The van der Waals surface area contributed by atoms with Gasteiger partial charge in [0.1, 0.15) is 23.2 Å². The normalized spacial score (nSPS) is 11.6. The summed E-state index contributed by atoms with van der Waals surface area (Å²) in [5, 5.41) is 27.0. The molecule has 1 atom stereocenters. The van der Waals surface area contributed by atoms with Crippen molar-refractivity contribution >= 4 is 23.3 Å². The van der Waals surface area contributed by atoms with E-state index in [-0.39, 0.29) is 22.8 Å². The summed E-state index contributed by atoms with van der Waals surface area (Å²) >= 11 is 0. The molecule has 0 spiro atoms. The Kier molecular flexibility index (Phi) is 6.00. The molecule has 0 radical (unpaired) electrons. The van der Waals surface area contributed by atoms with Gasteiger partial charge in [-0.15, -0.1) is 0 Å². The monoisotopic (exact) mass is 424 g/mol. The summed E-state index contributed by atoms with van der Waals surface area (Å²) in [7, 11) is 0. The van der Waals surface area contributed by atoms with Crippen molar-refractivity contribution in [2.45, 2.75) is 26.8 Å². The number of carbonyl (C=O) groups is 2. The first-order chi connectivity index (χ1) is 14.7. The van der Waals surface area contributed by atoms with Crippen LogP contribution in [0.3, 0.4) is 0 Å². The lowest BCUT2D eigenvalue weighted by Gasteiger charge is -2.15. The molecule has 31 heavy (non-hydrogen) atoms. The predicted octanol–water partition coefficient (Wildman–Crippen LogP) is 4.10. The number of carboxylic acids is 1. The molecule has 0 bridgehead atoms. The Bertz CT molecular complexity index is 1170. The minimum Gasteiger partial charge on any atom is -0.477 e. The third kappa shape index (κ3) is 4.86. The maximum atomic E-state index is 12.7. The zero-order valence-electron chi connectivity index (χ0n) is 17.0. The molecule has 2 N–H and O–H groups in total. The quantitative estimate of drug-likeness (QED) is 0.430. The van der Waals surface area contributed by atoms with Gasteiger partial charge in [-0.3, -0.25) is 14.9 Å². The summed E-state index contributed by atoms with van der Waals surface area (Å²) in [5.74, 6) is -1.11. The second-order valence-corrected chi connectivity index (χ2v) is 6.98. The van der Waals surface area contributed by atoms with Crippen molar-refractivity contribution in [1.29, 1.82) is 0 Å². The Morgan fingerprint density at radius 1 is 1.19 bits per heavy atom. The Morgan fingerprint density at radius 3 is 2.61 bits per heavy atom. The van der Waals surface area contributed by atoms with Crippen molar-refractivity contribution in [1.82, 2.24) is 9.78 Å². The second kappa shape index (κ2) is 8.66. The van der Waals surface area contributed by atoms with Crippen molar-refractivity contribution < 1.29 is 24.4 Å². The fourth-order valence-corrected chi connectivity index (χ4v) is 2.91. The van der Waals surface area contributed by atoms with E-state index in [1.165, 1.54) is 37.4 Å². The van der Waals surface area contributed by atoms with Crippen molar-refractivity contribution in [2.75, 3.05) is 5.32 Å². The van der Waals surface area contributed by atoms with Crippen molar-refractivity contribution in [3.05, 3.63) is 75.6 Å². The van der Waals surface area contributed by atoms with Crippen LogP contribution in [0, 0.1) is 24.0 Å². The van der Waals surface area contributed by atoms with E-state index >= 15 is 0 Å². The predicted molar refractivity (Wildman–Crippen MR) is 112 cm³/mol. The van der Waals surface area contributed by atoms with Crippen molar-refractivity contribution in [3.8, 4) is 11.5 Å². The number of nitrogens with one attached hydrogen (secondary N) is 1. The van der Waals surface area contributed by atoms with Gasteiger partial charge in [0.2, 0.25) is 5.91 Å². The SMILES string of the molecule is Cc1ccc(C)c(Oc2cc(NC(=O)C(C)n3nccc3C(=O)O)cc([N+](=O)[O-])c2)c1. The first kappa shape index (κ1) is 21.5. The molecule has 1 amide bonds. The molecular weight excluding hydrogens is 404 g/mol. The largest absolute Gasteiger partial charge is 0.477 e. The number of nitro groups is 1. The van der Waals surface area contributed by atoms with Gasteiger partial charge < -0.3 is 15.2 Å². The standard InChI is InChI=1S/C21H20N4O6/c1-12-4-5-13(2)19(8-12)31-17-10-15(9-16(11-17)25(29)30)23-20(26)14(3)24-18(21(27)28)6-7-22-24/h4-11,14H,1-3H3,(H,23,26)(H,27,28). The molecule has 0 aliphatic rings. The molecule has 1 aromatic heterocycles. The number of benzene rings is 2. The average molecular weight is 424 g/mol. The van der Waals surface area contributed by atoms with Crippen LogP contribution in [0.2, 0.25) is 0 Å². The number of aryl methyl sites for hydroxylation is 2. The molecule has 10 heteroatoms. The number of rotatable bonds is 7. The van der Waals surface area contributed by atoms with Gasteiger partial charge >= 0.3 is 5.97 Å². The number of hydrogen-bond donors (Lipinski definition) is 2. The van der Waals surface area contributed by atoms with E-state index in [9.17, 15) is 24.8 Å². The number of amides is 1. The van der Waals surface area contributed by atoms with Gasteiger partial charge in [-0.2, -0.15) is 5.10 Å². The fourth-order valence-electron chi connectivity index (χ4n) is 2.91. The highest BCUT2D eigenvalue weighted by molar-refractivity contribution is 5.95. The molecule has 10 nitrogen and oxygen atoms in total. The van der Waals surface area contributed by atoms with E-state index in [0.29, 0.717) is 5.75 Å². The Hall–Kier alpha value is -4.21. The fraction of sp³-hybridized carbons (Fsp3) is 0.190. The molecule has 160 valence electrons. The molecule has 2 aromatic carbocycles. The number of anilines is 1. The van der Waals surface area contributed by atoms with Gasteiger partial charge in [-0.25, -0.2) is 9.48 Å². The third-order valence-corrected chi connectivity index (χ3v) is 4.58. The Morgan fingerprint density at radius 2 is 1.94 bits per heavy atom. The summed E-state index contributed by atoms with van der Waals surface area (Å²) < 4.78 is 6.89. The maximum Gasteiger partial charge on any atom is 0.354 e. The number of nitro benzene ring substituents is 1. The van der Waals surface area contributed by atoms with Crippen LogP contribution in [-0.4, -0.2) is 31.7 Å². The lowest BCUT2D eigenvalue weighted by atomic mass is 10.1. The zero-order valence-corrected chi connectivity index (χ0v) is 17.0. The molecule has 0 fully saturated rings. The summed E-state index contributed by atoms with van der Waals surface area (Å²) in [6, 6.07) is 9.82. The minimum absolute atomic E-state index is 0.135. The number of hydrogen-bond acceptors (Lipinski definition) is 6. The Labute approximate surface area is 177 Å². The van der Waals surface area contributed by atoms with E-state index < -0.39 is 22.8 Å². The van der Waals surface area contributed by atoms with Crippen LogP contribution in [0.5, 0.6) is 11.5 Å². The highest BCUT2D eigenvalue weighted by Gasteiger charge is 2.22. The third-order valence-electron chi connectivity index (χ3n) is 4.58. The van der Waals surface area contributed by atoms with Crippen LogP contribution in [0.15, 0.2) is 48.7 Å². The molecule has 0 aliphatic carbocycles. The summed E-state index contributed by atoms with van der Waals surface area (Å²) in [6.07, 6.45) is 1.27. The first-order valence-electron chi connectivity index (χ1n) is 9.28. The van der Waals surface area contributed by atoms with Gasteiger partial charge in [0.05, 0.1) is 16.7 Å². The molecule has 1 unspecified atom stereocenters. The van der Waals surface area contributed by atoms with Crippen LogP contribution in [0.4, 0.5) is 11.4 Å². The van der Waals surface area contributed by atoms with Crippen molar-refractivity contribution in [3.63, 3.8) is 0 Å². The van der Waals surface area contributed by atoms with Crippen molar-refractivity contribution in [2.24, 2.45) is 0 Å². The summed E-state index contributed by atoms with van der Waals surface area (Å²) in [4.78, 5) is 34.7. The average Bonchev–Trinajstić information content (AvgIpc) is 3.20. The number of carboxylic acid groups (broad SMARTS) is 1. The first-order valence-corrected chi connectivity index (χ1v) is 9.28. The van der Waals surface area contributed by atoms with Crippen LogP contribution in [0.1, 0.15) is 34.6 Å². The number of ether oxygens (including phenoxy) is 1. The molecule has 3 rings (SSSR count). The van der Waals surface area contributed by atoms with E-state index in [0.717, 1.165) is 15.8 Å². The smallest absolute Gasteiger partial charge is 0.354 e. The number of aromatic carboxylic acids is 1. The van der Waals surface area contributed by atoms with E-state index in [1.807, 2.05) is 26.0 Å². The molecule has 1 heterocycles. The molecule has 0 aliphatic heterocycles. The van der Waals surface area contributed by atoms with Crippen LogP contribution < -0.4 is 10.1 Å². The molecule has 3 aromatic rings. The number of non-ortho nitro benzene ring substituents is 1. The maximum absolute atomic E-state index is 12.7. The van der Waals surface area contributed by atoms with E-state index in [2.05, 4.69) is 10.4 Å². The molecular formula is C21H20N4O6. The lowest BCUT2D eigenvalue weighted by molar-refractivity contribution is -0.384. The van der Waals surface area contributed by atoms with Crippen LogP contribution in [-0.2, 0) is 4.79 Å². The van der Waals surface area contributed by atoms with E-state index in [4.69, 9.17) is 4.74 Å². The number of carbonyl (C=O) groups excluding carboxylic acids is 1. The Balaban J connectivity index is 1.89. The highest BCUT2D eigenvalue weighted by Crippen LogP contribution is 2.32. The van der Waals surface area contributed by atoms with Crippen LogP contribution in [0.25, 0.3) is 0 Å². The molecule has 0 saturated heterocycles. The van der Waals surface area contributed by atoms with Gasteiger partial charge in [-0.1, -0.05) is 12.1 Å². The van der Waals surface area contributed by atoms with Gasteiger partial charge in [0.15, 0.2) is 0 Å². The lowest BCUT2D eigenvalue weighted by Crippen LogP contribution is -2.26. The topological polar surface area (TPSA) is 137 Å². The summed E-state index contributed by atoms with van der Waals surface area (Å²) in [6.45, 7) is 5.22. The van der Waals surface area contributed by atoms with Gasteiger partial charge in [-0.05, 0) is 44.0 Å². The van der Waals surface area contributed by atoms with Gasteiger partial charge in [0.25, 0.3) is 5.69 Å². The van der Waals surface area contributed by atoms with Crippen LogP contribution >= 0.6 is 0 Å². The minimum atomic E-state index is -1.23. The summed E-state index contributed by atoms with van der Waals surface area (Å²) in [5.41, 5.74) is 1.52. The second-order valence-electron chi connectivity index (χ2n) is 6.98. The number of nitrogens with zero attached hydrogens (tertiary/aromatic N) is 3. The number of aromatic nitrogens is 2. The molecule has 0 saturated carbocycles. The van der Waals surface area contributed by atoms with Gasteiger partial charge in [0, 0.05) is 18.3 Å². The zero-order chi connectivity index (χ0) is 22.7.